The van der Waals surface area contributed by atoms with Crippen LogP contribution in [0, 0.1) is 20.8 Å². The minimum absolute atomic E-state index is 0.0600. The topological polar surface area (TPSA) is 49.3 Å². The molecule has 2 aromatic rings. The monoisotopic (exact) mass is 269 g/mol. The van der Waals surface area contributed by atoms with Crippen molar-refractivity contribution in [3.05, 3.63) is 58.7 Å². The van der Waals surface area contributed by atoms with Crippen LogP contribution >= 0.6 is 0 Å². The molecular formula is C17H19NO2. The summed E-state index contributed by atoms with van der Waals surface area (Å²) < 4.78 is 0. The third-order valence-electron chi connectivity index (χ3n) is 3.39. The summed E-state index contributed by atoms with van der Waals surface area (Å²) in [5.74, 6) is -0.806. The molecule has 0 atom stereocenters. The molecule has 0 heterocycles. The molecule has 0 aliphatic carbocycles. The molecule has 3 heteroatoms. The third kappa shape index (κ3) is 3.18. The summed E-state index contributed by atoms with van der Waals surface area (Å²) in [6.07, 6.45) is 0.0600. The fourth-order valence-electron chi connectivity index (χ4n) is 2.30. The lowest BCUT2D eigenvalue weighted by atomic mass is 10.1. The molecule has 2 rings (SSSR count). The fraction of sp³-hybridized carbons (Fsp3) is 0.235. The average Bonchev–Trinajstić information content (AvgIpc) is 2.35. The predicted molar refractivity (Wildman–Crippen MR) is 81.7 cm³/mol. The number of rotatable bonds is 4. The molecule has 0 aliphatic heterocycles. The van der Waals surface area contributed by atoms with E-state index in [0.29, 0.717) is 0 Å². The van der Waals surface area contributed by atoms with E-state index >= 15 is 0 Å². The van der Waals surface area contributed by atoms with Crippen LogP contribution in [0.3, 0.4) is 0 Å². The van der Waals surface area contributed by atoms with Gasteiger partial charge in [0.25, 0.3) is 0 Å². The van der Waals surface area contributed by atoms with Crippen molar-refractivity contribution < 1.29 is 9.90 Å². The molecule has 0 fully saturated rings. The zero-order valence-electron chi connectivity index (χ0n) is 12.0. The maximum absolute atomic E-state index is 10.7. The lowest BCUT2D eigenvalue weighted by molar-refractivity contribution is -0.136. The van der Waals surface area contributed by atoms with Gasteiger partial charge in [0.1, 0.15) is 0 Å². The largest absolute Gasteiger partial charge is 0.481 e. The van der Waals surface area contributed by atoms with Gasteiger partial charge in [0.15, 0.2) is 0 Å². The van der Waals surface area contributed by atoms with Crippen molar-refractivity contribution in [2.75, 3.05) is 5.32 Å². The van der Waals surface area contributed by atoms with Crippen LogP contribution in [0.25, 0.3) is 0 Å². The Morgan fingerprint density at radius 2 is 1.70 bits per heavy atom. The summed E-state index contributed by atoms with van der Waals surface area (Å²) in [6, 6.07) is 11.9. The summed E-state index contributed by atoms with van der Waals surface area (Å²) in [5, 5.41) is 12.3. The van der Waals surface area contributed by atoms with E-state index in [0.717, 1.165) is 22.5 Å². The van der Waals surface area contributed by atoms with Crippen molar-refractivity contribution >= 4 is 17.3 Å². The third-order valence-corrected chi connectivity index (χ3v) is 3.39. The van der Waals surface area contributed by atoms with Crippen molar-refractivity contribution in [1.82, 2.24) is 0 Å². The van der Waals surface area contributed by atoms with Crippen LogP contribution in [0.2, 0.25) is 0 Å². The van der Waals surface area contributed by atoms with Crippen LogP contribution in [0.15, 0.2) is 36.4 Å². The van der Waals surface area contributed by atoms with Crippen molar-refractivity contribution in [3.63, 3.8) is 0 Å². The van der Waals surface area contributed by atoms with Gasteiger partial charge in [0.05, 0.1) is 6.42 Å². The maximum atomic E-state index is 10.7. The number of aliphatic carboxylic acids is 1. The number of anilines is 2. The van der Waals surface area contributed by atoms with E-state index in [4.69, 9.17) is 5.11 Å². The zero-order valence-corrected chi connectivity index (χ0v) is 12.0. The van der Waals surface area contributed by atoms with Crippen molar-refractivity contribution in [1.29, 1.82) is 0 Å². The van der Waals surface area contributed by atoms with Gasteiger partial charge in [-0.3, -0.25) is 4.79 Å². The smallest absolute Gasteiger partial charge is 0.307 e. The molecule has 0 unspecified atom stereocenters. The van der Waals surface area contributed by atoms with Crippen LogP contribution < -0.4 is 5.32 Å². The zero-order chi connectivity index (χ0) is 14.7. The van der Waals surface area contributed by atoms with Crippen LogP contribution in [0.5, 0.6) is 0 Å². The molecule has 0 spiro atoms. The Kier molecular flexibility index (Phi) is 4.08. The van der Waals surface area contributed by atoms with Gasteiger partial charge in [-0.15, -0.1) is 0 Å². The van der Waals surface area contributed by atoms with Gasteiger partial charge >= 0.3 is 5.97 Å². The quantitative estimate of drug-likeness (QED) is 0.882. The van der Waals surface area contributed by atoms with E-state index in [1.165, 1.54) is 11.1 Å². The molecule has 0 radical (unpaired) electrons. The molecule has 0 amide bonds. The Balaban J connectivity index is 2.28. The Bertz CT molecular complexity index is 627. The molecule has 0 saturated carbocycles. The number of hydrogen-bond acceptors (Lipinski definition) is 2. The van der Waals surface area contributed by atoms with Crippen LogP contribution in [0.1, 0.15) is 22.3 Å². The lowest BCUT2D eigenvalue weighted by Crippen LogP contribution is -2.02. The Morgan fingerprint density at radius 3 is 2.25 bits per heavy atom. The Morgan fingerprint density at radius 1 is 1.05 bits per heavy atom. The van der Waals surface area contributed by atoms with Gasteiger partial charge < -0.3 is 10.4 Å². The van der Waals surface area contributed by atoms with Gasteiger partial charge in [-0.2, -0.15) is 0 Å². The van der Waals surface area contributed by atoms with Gasteiger partial charge in [-0.1, -0.05) is 30.3 Å². The first kappa shape index (κ1) is 14.1. The Labute approximate surface area is 119 Å². The number of para-hydroxylation sites is 1. The minimum Gasteiger partial charge on any atom is -0.481 e. The summed E-state index contributed by atoms with van der Waals surface area (Å²) >= 11 is 0. The van der Waals surface area contributed by atoms with Crippen molar-refractivity contribution in [3.8, 4) is 0 Å². The van der Waals surface area contributed by atoms with Gasteiger partial charge in [-0.05, 0) is 49.1 Å². The first-order valence-electron chi connectivity index (χ1n) is 6.62. The number of aryl methyl sites for hydroxylation is 3. The van der Waals surface area contributed by atoms with Crippen LogP contribution in [-0.4, -0.2) is 11.1 Å². The molecule has 0 bridgehead atoms. The molecule has 0 saturated heterocycles. The van der Waals surface area contributed by atoms with Crippen molar-refractivity contribution in [2.24, 2.45) is 0 Å². The SMILES string of the molecule is Cc1cc(CC(=O)O)ccc1Nc1c(C)cccc1C. The number of carboxylic acid groups (broad SMARTS) is 1. The number of carboxylic acids is 1. The summed E-state index contributed by atoms with van der Waals surface area (Å²) in [5.41, 5.74) is 6.38. The van der Waals surface area contributed by atoms with E-state index in [1.807, 2.05) is 31.2 Å². The molecular weight excluding hydrogens is 250 g/mol. The number of carbonyl (C=O) groups is 1. The van der Waals surface area contributed by atoms with Crippen LogP contribution in [-0.2, 0) is 11.2 Å². The highest BCUT2D eigenvalue weighted by Crippen LogP contribution is 2.26. The van der Waals surface area contributed by atoms with Gasteiger partial charge in [0.2, 0.25) is 0 Å². The van der Waals surface area contributed by atoms with Gasteiger partial charge in [0, 0.05) is 11.4 Å². The second kappa shape index (κ2) is 5.78. The molecule has 3 nitrogen and oxygen atoms in total. The standard InChI is InChI=1S/C17H19NO2/c1-11-5-4-6-12(2)17(11)18-15-8-7-14(9-13(15)3)10-16(19)20/h4-9,18H,10H2,1-3H3,(H,19,20). The highest BCUT2D eigenvalue weighted by molar-refractivity contribution is 5.72. The highest BCUT2D eigenvalue weighted by Gasteiger charge is 2.06. The summed E-state index contributed by atoms with van der Waals surface area (Å²) in [6.45, 7) is 6.13. The average molecular weight is 269 g/mol. The van der Waals surface area contributed by atoms with E-state index in [9.17, 15) is 4.79 Å². The number of hydrogen-bond donors (Lipinski definition) is 2. The lowest BCUT2D eigenvalue weighted by Gasteiger charge is -2.15. The number of benzene rings is 2. The van der Waals surface area contributed by atoms with E-state index in [1.54, 1.807) is 0 Å². The van der Waals surface area contributed by atoms with E-state index < -0.39 is 5.97 Å². The Hall–Kier alpha value is -2.29. The second-order valence-corrected chi connectivity index (χ2v) is 5.11. The minimum atomic E-state index is -0.806. The first-order valence-corrected chi connectivity index (χ1v) is 6.62. The molecule has 2 aromatic carbocycles. The van der Waals surface area contributed by atoms with E-state index in [-0.39, 0.29) is 6.42 Å². The predicted octanol–water partition coefficient (Wildman–Crippen LogP) is 3.98. The number of nitrogens with one attached hydrogen (secondary N) is 1. The molecule has 2 N–H and O–H groups in total. The highest BCUT2D eigenvalue weighted by atomic mass is 16.4. The van der Waals surface area contributed by atoms with Gasteiger partial charge in [-0.25, -0.2) is 0 Å². The normalized spacial score (nSPS) is 10.3. The summed E-state index contributed by atoms with van der Waals surface area (Å²) in [7, 11) is 0. The second-order valence-electron chi connectivity index (χ2n) is 5.11. The van der Waals surface area contributed by atoms with E-state index in [2.05, 4.69) is 31.3 Å². The molecule has 20 heavy (non-hydrogen) atoms. The van der Waals surface area contributed by atoms with Crippen LogP contribution in [0.4, 0.5) is 11.4 Å². The first-order chi connectivity index (χ1) is 9.47. The summed E-state index contributed by atoms with van der Waals surface area (Å²) in [4.78, 5) is 10.7. The molecule has 0 aromatic heterocycles. The molecule has 104 valence electrons. The molecule has 0 aliphatic rings. The van der Waals surface area contributed by atoms with Crippen molar-refractivity contribution in [2.45, 2.75) is 27.2 Å². The maximum Gasteiger partial charge on any atom is 0.307 e. The fourth-order valence-corrected chi connectivity index (χ4v) is 2.30.